The van der Waals surface area contributed by atoms with Crippen LogP contribution in [-0.2, 0) is 19.5 Å². The minimum Gasteiger partial charge on any atom is -0.345 e. The molecule has 2 N–H and O–H groups in total. The largest absolute Gasteiger partial charge is 0.345 e. The molecule has 4 nitrogen and oxygen atoms in total. The van der Waals surface area contributed by atoms with Crippen LogP contribution >= 0.6 is 22.7 Å². The van der Waals surface area contributed by atoms with E-state index in [0.29, 0.717) is 6.54 Å². The Morgan fingerprint density at radius 1 is 1.44 bits per heavy atom. The quantitative estimate of drug-likeness (QED) is 0.885. The minimum atomic E-state index is 0.581. The van der Waals surface area contributed by atoms with E-state index in [9.17, 15) is 0 Å². The molecule has 0 aliphatic heterocycles. The lowest BCUT2D eigenvalue weighted by Gasteiger charge is -2.13. The predicted molar refractivity (Wildman–Crippen MR) is 78.2 cm³/mol. The summed E-state index contributed by atoms with van der Waals surface area (Å²) in [7, 11) is 2.05. The molecule has 0 spiro atoms. The Labute approximate surface area is 115 Å². The third-order valence-electron chi connectivity index (χ3n) is 2.65. The molecule has 0 aromatic carbocycles. The highest BCUT2D eigenvalue weighted by Gasteiger charge is 2.13. The minimum absolute atomic E-state index is 0.581. The first kappa shape index (κ1) is 13.5. The third-order valence-corrected chi connectivity index (χ3v) is 4.52. The monoisotopic (exact) mass is 282 g/mol. The van der Waals surface area contributed by atoms with Crippen LogP contribution in [0, 0.1) is 0 Å². The Hall–Kier alpha value is -0.980. The maximum absolute atomic E-state index is 5.77. The van der Waals surface area contributed by atoms with E-state index in [2.05, 4.69) is 22.2 Å². The smallest absolute Gasteiger partial charge is 0.185 e. The van der Waals surface area contributed by atoms with Crippen molar-refractivity contribution in [2.75, 3.05) is 11.9 Å². The average molecular weight is 282 g/mol. The Morgan fingerprint density at radius 2 is 2.28 bits per heavy atom. The number of anilines is 1. The number of hydrogen-bond donors (Lipinski definition) is 1. The van der Waals surface area contributed by atoms with E-state index in [4.69, 9.17) is 10.7 Å². The lowest BCUT2D eigenvalue weighted by atomic mass is 10.2. The van der Waals surface area contributed by atoms with Crippen molar-refractivity contribution < 1.29 is 0 Å². The van der Waals surface area contributed by atoms with Crippen LogP contribution in [0.4, 0.5) is 5.13 Å². The van der Waals surface area contributed by atoms with Crippen LogP contribution in [0.1, 0.15) is 29.6 Å². The molecule has 2 aromatic rings. The number of aromatic nitrogens is 2. The van der Waals surface area contributed by atoms with Crippen molar-refractivity contribution in [3.05, 3.63) is 27.2 Å². The van der Waals surface area contributed by atoms with Crippen molar-refractivity contribution in [3.8, 4) is 0 Å². The normalized spacial score (nSPS) is 10.8. The van der Waals surface area contributed by atoms with Crippen LogP contribution in [0.2, 0.25) is 0 Å². The molecule has 0 atom stereocenters. The fourth-order valence-electron chi connectivity index (χ4n) is 1.75. The molecule has 2 heterocycles. The van der Waals surface area contributed by atoms with Gasteiger partial charge in [0.1, 0.15) is 0 Å². The van der Waals surface area contributed by atoms with Gasteiger partial charge in [0, 0.05) is 23.8 Å². The zero-order chi connectivity index (χ0) is 13.0. The molecule has 2 aromatic heterocycles. The molecule has 0 amide bonds. The van der Waals surface area contributed by atoms with E-state index < -0.39 is 0 Å². The average Bonchev–Trinajstić information content (AvgIpc) is 2.98. The van der Waals surface area contributed by atoms with Crippen LogP contribution in [-0.4, -0.2) is 17.0 Å². The number of nitrogens with zero attached hydrogens (tertiary/aromatic N) is 3. The first-order chi connectivity index (χ1) is 8.74. The Kier molecular flexibility index (Phi) is 4.68. The molecule has 98 valence electrons. The van der Waals surface area contributed by atoms with Gasteiger partial charge in [0.2, 0.25) is 0 Å². The molecular weight excluding hydrogens is 264 g/mol. The maximum atomic E-state index is 5.77. The second kappa shape index (κ2) is 6.26. The van der Waals surface area contributed by atoms with Gasteiger partial charge in [-0.3, -0.25) is 0 Å². The van der Waals surface area contributed by atoms with Crippen LogP contribution < -0.4 is 10.6 Å². The van der Waals surface area contributed by atoms with Gasteiger partial charge in [-0.15, -0.1) is 22.7 Å². The number of thiazole rings is 2. The predicted octanol–water partition coefficient (Wildman–Crippen LogP) is 2.65. The van der Waals surface area contributed by atoms with E-state index in [-0.39, 0.29) is 0 Å². The molecule has 0 fully saturated rings. The standard InChI is InChI=1S/C12H18N4S2/c1-3-4-10-11(5-13)18-12(15-10)16(2)6-9-7-17-8-14-9/h7-8H,3-6,13H2,1-2H3. The van der Waals surface area contributed by atoms with Crippen molar-refractivity contribution >= 4 is 27.8 Å². The Morgan fingerprint density at radius 3 is 2.89 bits per heavy atom. The van der Waals surface area contributed by atoms with Crippen LogP contribution in [0.25, 0.3) is 0 Å². The number of hydrogen-bond acceptors (Lipinski definition) is 6. The molecule has 18 heavy (non-hydrogen) atoms. The summed E-state index contributed by atoms with van der Waals surface area (Å²) in [4.78, 5) is 12.3. The van der Waals surface area contributed by atoms with Gasteiger partial charge >= 0.3 is 0 Å². The lowest BCUT2D eigenvalue weighted by molar-refractivity contribution is 0.848. The fourth-order valence-corrected chi connectivity index (χ4v) is 3.25. The summed E-state index contributed by atoms with van der Waals surface area (Å²) in [5.41, 5.74) is 9.88. The SMILES string of the molecule is CCCc1nc(N(C)Cc2cscn2)sc1CN. The molecule has 0 aliphatic rings. The number of nitrogens with two attached hydrogens (primary N) is 1. The molecule has 0 saturated carbocycles. The van der Waals surface area contributed by atoms with Crippen molar-refractivity contribution in [2.24, 2.45) is 5.73 Å². The Balaban J connectivity index is 2.12. The molecular formula is C12H18N4S2. The van der Waals surface area contributed by atoms with Gasteiger partial charge in [0.25, 0.3) is 0 Å². The summed E-state index contributed by atoms with van der Waals surface area (Å²) in [5, 5.41) is 3.10. The van der Waals surface area contributed by atoms with Crippen LogP contribution in [0.15, 0.2) is 10.9 Å². The van der Waals surface area contributed by atoms with E-state index in [1.807, 2.05) is 12.6 Å². The Bertz CT molecular complexity index is 478. The highest BCUT2D eigenvalue weighted by molar-refractivity contribution is 7.15. The first-order valence-corrected chi connectivity index (χ1v) is 7.77. The third kappa shape index (κ3) is 3.07. The second-order valence-corrected chi connectivity index (χ2v) is 5.94. The summed E-state index contributed by atoms with van der Waals surface area (Å²) >= 11 is 3.32. The van der Waals surface area contributed by atoms with Crippen molar-refractivity contribution in [1.82, 2.24) is 9.97 Å². The van der Waals surface area contributed by atoms with Crippen molar-refractivity contribution in [1.29, 1.82) is 0 Å². The number of rotatable bonds is 6. The second-order valence-electron chi connectivity index (χ2n) is 4.16. The van der Waals surface area contributed by atoms with Crippen LogP contribution in [0.5, 0.6) is 0 Å². The summed E-state index contributed by atoms with van der Waals surface area (Å²) in [5.74, 6) is 0. The zero-order valence-corrected chi connectivity index (χ0v) is 12.4. The molecule has 0 radical (unpaired) electrons. The molecule has 0 bridgehead atoms. The highest BCUT2D eigenvalue weighted by atomic mass is 32.1. The van der Waals surface area contributed by atoms with Gasteiger partial charge in [-0.1, -0.05) is 13.3 Å². The summed E-state index contributed by atoms with van der Waals surface area (Å²) in [6.45, 7) is 3.54. The van der Waals surface area contributed by atoms with E-state index in [0.717, 1.165) is 35.9 Å². The fraction of sp³-hybridized carbons (Fsp3) is 0.500. The van der Waals surface area contributed by atoms with Gasteiger partial charge in [0.15, 0.2) is 5.13 Å². The molecule has 0 saturated heterocycles. The summed E-state index contributed by atoms with van der Waals surface area (Å²) in [6, 6.07) is 0. The summed E-state index contributed by atoms with van der Waals surface area (Å²) in [6.07, 6.45) is 2.11. The van der Waals surface area contributed by atoms with Crippen LogP contribution in [0.3, 0.4) is 0 Å². The first-order valence-electron chi connectivity index (χ1n) is 6.01. The van der Waals surface area contributed by atoms with E-state index >= 15 is 0 Å². The molecule has 2 rings (SSSR count). The molecule has 6 heteroatoms. The van der Waals surface area contributed by atoms with Crippen molar-refractivity contribution in [3.63, 3.8) is 0 Å². The van der Waals surface area contributed by atoms with Gasteiger partial charge in [0.05, 0.1) is 23.4 Å². The summed E-state index contributed by atoms with van der Waals surface area (Å²) < 4.78 is 0. The maximum Gasteiger partial charge on any atom is 0.185 e. The highest BCUT2D eigenvalue weighted by Crippen LogP contribution is 2.27. The van der Waals surface area contributed by atoms with Gasteiger partial charge in [-0.05, 0) is 6.42 Å². The van der Waals surface area contributed by atoms with Gasteiger partial charge < -0.3 is 10.6 Å². The zero-order valence-electron chi connectivity index (χ0n) is 10.7. The van der Waals surface area contributed by atoms with Gasteiger partial charge in [-0.2, -0.15) is 0 Å². The van der Waals surface area contributed by atoms with E-state index in [1.165, 1.54) is 4.88 Å². The molecule has 0 aliphatic carbocycles. The van der Waals surface area contributed by atoms with E-state index in [1.54, 1.807) is 22.7 Å². The number of aryl methyl sites for hydroxylation is 1. The topological polar surface area (TPSA) is 55.0 Å². The molecule has 0 unspecified atom stereocenters. The lowest BCUT2D eigenvalue weighted by Crippen LogP contribution is -2.16. The van der Waals surface area contributed by atoms with Gasteiger partial charge in [-0.25, -0.2) is 9.97 Å². The van der Waals surface area contributed by atoms with Crippen molar-refractivity contribution in [2.45, 2.75) is 32.9 Å².